The topological polar surface area (TPSA) is 9.23 Å². The number of hydrogen-bond donors (Lipinski definition) is 0. The first-order valence-corrected chi connectivity index (χ1v) is 7.01. The Morgan fingerprint density at radius 1 is 1.41 bits per heavy atom. The van der Waals surface area contributed by atoms with Crippen molar-refractivity contribution in [3.05, 3.63) is 29.8 Å². The summed E-state index contributed by atoms with van der Waals surface area (Å²) < 4.78 is 5.99. The van der Waals surface area contributed by atoms with Crippen molar-refractivity contribution < 1.29 is 4.74 Å². The van der Waals surface area contributed by atoms with Crippen LogP contribution in [0.5, 0.6) is 5.75 Å². The standard InChI is InChI=1S/C15H21ClO/c1-3-8-15(2,11-16)10-13-9-12-6-4-5-7-14(12)17-13/h4-7,13H,3,8-11H2,1-2H3. The Hall–Kier alpha value is -0.690. The molecule has 1 aromatic rings. The molecule has 0 spiro atoms. The Morgan fingerprint density at radius 3 is 2.82 bits per heavy atom. The molecule has 0 saturated heterocycles. The van der Waals surface area contributed by atoms with E-state index in [1.54, 1.807) is 0 Å². The second kappa shape index (κ2) is 5.30. The van der Waals surface area contributed by atoms with Crippen LogP contribution in [0.15, 0.2) is 24.3 Å². The molecule has 1 aromatic carbocycles. The van der Waals surface area contributed by atoms with Crippen LogP contribution in [0.3, 0.4) is 0 Å². The van der Waals surface area contributed by atoms with Gasteiger partial charge in [0.1, 0.15) is 11.9 Å². The number of rotatable bonds is 5. The Balaban J connectivity index is 1.99. The monoisotopic (exact) mass is 252 g/mol. The average Bonchev–Trinajstić information content (AvgIpc) is 2.71. The summed E-state index contributed by atoms with van der Waals surface area (Å²) in [4.78, 5) is 0. The molecule has 0 aliphatic carbocycles. The fraction of sp³-hybridized carbons (Fsp3) is 0.600. The van der Waals surface area contributed by atoms with Crippen molar-refractivity contribution in [3.8, 4) is 5.75 Å². The summed E-state index contributed by atoms with van der Waals surface area (Å²) in [6.45, 7) is 4.49. The van der Waals surface area contributed by atoms with Crippen LogP contribution in [0.4, 0.5) is 0 Å². The summed E-state index contributed by atoms with van der Waals surface area (Å²) in [6, 6.07) is 8.34. The van der Waals surface area contributed by atoms with Gasteiger partial charge >= 0.3 is 0 Å². The van der Waals surface area contributed by atoms with Gasteiger partial charge < -0.3 is 4.74 Å². The van der Waals surface area contributed by atoms with Crippen LogP contribution in [0.1, 0.15) is 38.7 Å². The van der Waals surface area contributed by atoms with Crippen molar-refractivity contribution in [2.24, 2.45) is 5.41 Å². The van der Waals surface area contributed by atoms with E-state index in [0.29, 0.717) is 6.10 Å². The smallest absolute Gasteiger partial charge is 0.123 e. The summed E-state index contributed by atoms with van der Waals surface area (Å²) in [7, 11) is 0. The molecule has 0 amide bonds. The van der Waals surface area contributed by atoms with Crippen molar-refractivity contribution in [2.75, 3.05) is 5.88 Å². The summed E-state index contributed by atoms with van der Waals surface area (Å²) in [5.74, 6) is 1.78. The number of alkyl halides is 1. The van der Waals surface area contributed by atoms with Gasteiger partial charge in [-0.3, -0.25) is 0 Å². The van der Waals surface area contributed by atoms with E-state index in [4.69, 9.17) is 16.3 Å². The molecular weight excluding hydrogens is 232 g/mol. The molecule has 1 aliphatic rings. The molecule has 94 valence electrons. The highest BCUT2D eigenvalue weighted by atomic mass is 35.5. The summed E-state index contributed by atoms with van der Waals surface area (Å²) in [5, 5.41) is 0. The van der Waals surface area contributed by atoms with Gasteiger partial charge in [0.05, 0.1) is 0 Å². The third-order valence-corrected chi connectivity index (χ3v) is 4.26. The van der Waals surface area contributed by atoms with Gasteiger partial charge in [0.25, 0.3) is 0 Å². The molecule has 2 heteroatoms. The largest absolute Gasteiger partial charge is 0.490 e. The molecule has 0 bridgehead atoms. The first kappa shape index (κ1) is 12.8. The first-order valence-electron chi connectivity index (χ1n) is 6.47. The maximum absolute atomic E-state index is 6.12. The Morgan fingerprint density at radius 2 is 2.18 bits per heavy atom. The van der Waals surface area contributed by atoms with E-state index in [-0.39, 0.29) is 5.41 Å². The number of fused-ring (bicyclic) bond motifs is 1. The van der Waals surface area contributed by atoms with Gasteiger partial charge in [0, 0.05) is 12.3 Å². The van der Waals surface area contributed by atoms with Crippen LogP contribution in [-0.2, 0) is 6.42 Å². The molecule has 1 heterocycles. The average molecular weight is 253 g/mol. The van der Waals surface area contributed by atoms with Crippen LogP contribution in [0, 0.1) is 5.41 Å². The predicted molar refractivity (Wildman–Crippen MR) is 72.9 cm³/mol. The third-order valence-electron chi connectivity index (χ3n) is 3.61. The summed E-state index contributed by atoms with van der Waals surface area (Å²) >= 11 is 6.12. The molecule has 1 aliphatic heterocycles. The van der Waals surface area contributed by atoms with Gasteiger partial charge in [-0.15, -0.1) is 11.6 Å². The Bertz CT molecular complexity index is 352. The minimum Gasteiger partial charge on any atom is -0.490 e. The predicted octanol–water partition coefficient (Wildman–Crippen LogP) is 4.43. The molecule has 0 saturated carbocycles. The van der Waals surface area contributed by atoms with Gasteiger partial charge in [-0.2, -0.15) is 0 Å². The molecule has 0 radical (unpaired) electrons. The Labute approximate surface area is 109 Å². The molecule has 0 N–H and O–H groups in total. The van der Waals surface area contributed by atoms with Crippen LogP contribution < -0.4 is 4.74 Å². The maximum atomic E-state index is 6.12. The van der Waals surface area contributed by atoms with Crippen molar-refractivity contribution in [1.29, 1.82) is 0 Å². The molecule has 2 rings (SSSR count). The first-order chi connectivity index (χ1) is 8.17. The van der Waals surface area contributed by atoms with Crippen molar-refractivity contribution >= 4 is 11.6 Å². The maximum Gasteiger partial charge on any atom is 0.123 e. The lowest BCUT2D eigenvalue weighted by molar-refractivity contribution is 0.151. The lowest BCUT2D eigenvalue weighted by Gasteiger charge is -2.29. The van der Waals surface area contributed by atoms with Crippen LogP contribution in [-0.4, -0.2) is 12.0 Å². The summed E-state index contributed by atoms with van der Waals surface area (Å²) in [5.41, 5.74) is 1.55. The number of hydrogen-bond acceptors (Lipinski definition) is 1. The second-order valence-electron chi connectivity index (χ2n) is 5.45. The normalized spacial score (nSPS) is 21.7. The Kier molecular flexibility index (Phi) is 3.98. The van der Waals surface area contributed by atoms with Gasteiger partial charge in [0.15, 0.2) is 0 Å². The highest BCUT2D eigenvalue weighted by molar-refractivity contribution is 6.18. The number of halogens is 1. The number of benzene rings is 1. The molecule has 0 aromatic heterocycles. The zero-order chi connectivity index (χ0) is 12.3. The van der Waals surface area contributed by atoms with Gasteiger partial charge in [-0.25, -0.2) is 0 Å². The molecule has 17 heavy (non-hydrogen) atoms. The van der Waals surface area contributed by atoms with E-state index >= 15 is 0 Å². The zero-order valence-electron chi connectivity index (χ0n) is 10.7. The van der Waals surface area contributed by atoms with Crippen molar-refractivity contribution in [1.82, 2.24) is 0 Å². The highest BCUT2D eigenvalue weighted by Crippen LogP contribution is 2.37. The van der Waals surface area contributed by atoms with Crippen LogP contribution in [0.2, 0.25) is 0 Å². The number of para-hydroxylation sites is 1. The fourth-order valence-electron chi connectivity index (χ4n) is 2.74. The van der Waals surface area contributed by atoms with Gasteiger partial charge in [-0.05, 0) is 29.9 Å². The summed E-state index contributed by atoms with van der Waals surface area (Å²) in [6.07, 6.45) is 4.75. The second-order valence-corrected chi connectivity index (χ2v) is 5.72. The van der Waals surface area contributed by atoms with E-state index in [1.165, 1.54) is 18.4 Å². The fourth-order valence-corrected chi connectivity index (χ4v) is 2.99. The minimum absolute atomic E-state index is 0.211. The van der Waals surface area contributed by atoms with E-state index < -0.39 is 0 Å². The van der Waals surface area contributed by atoms with Gasteiger partial charge in [0.2, 0.25) is 0 Å². The molecule has 2 unspecified atom stereocenters. The lowest BCUT2D eigenvalue weighted by Crippen LogP contribution is -2.27. The van der Waals surface area contributed by atoms with E-state index in [2.05, 4.69) is 32.0 Å². The number of ether oxygens (including phenoxy) is 1. The zero-order valence-corrected chi connectivity index (χ0v) is 11.5. The molecular formula is C15H21ClO. The van der Waals surface area contributed by atoms with E-state index in [9.17, 15) is 0 Å². The van der Waals surface area contributed by atoms with Crippen molar-refractivity contribution in [3.63, 3.8) is 0 Å². The third kappa shape index (κ3) is 2.95. The minimum atomic E-state index is 0.211. The van der Waals surface area contributed by atoms with Gasteiger partial charge in [-0.1, -0.05) is 38.5 Å². The van der Waals surface area contributed by atoms with Crippen molar-refractivity contribution in [2.45, 2.75) is 45.6 Å². The van der Waals surface area contributed by atoms with E-state index in [1.807, 2.05) is 6.07 Å². The molecule has 1 nitrogen and oxygen atoms in total. The molecule has 0 fully saturated rings. The highest BCUT2D eigenvalue weighted by Gasteiger charge is 2.31. The van der Waals surface area contributed by atoms with Crippen LogP contribution >= 0.6 is 11.6 Å². The molecule has 2 atom stereocenters. The quantitative estimate of drug-likeness (QED) is 0.705. The lowest BCUT2D eigenvalue weighted by atomic mass is 9.81. The SMILES string of the molecule is CCCC(C)(CCl)CC1Cc2ccccc2O1. The van der Waals surface area contributed by atoms with Crippen LogP contribution in [0.25, 0.3) is 0 Å². The van der Waals surface area contributed by atoms with E-state index in [0.717, 1.165) is 24.5 Å².